The third-order valence-electron chi connectivity index (χ3n) is 4.81. The second kappa shape index (κ2) is 5.60. The van der Waals surface area contributed by atoms with E-state index in [2.05, 4.69) is 0 Å². The number of halogens is 1. The van der Waals surface area contributed by atoms with E-state index in [0.717, 1.165) is 0 Å². The number of aliphatic hydroxyl groups is 1. The lowest BCUT2D eigenvalue weighted by Crippen LogP contribution is -2.35. The van der Waals surface area contributed by atoms with Crippen LogP contribution < -0.4 is 15.2 Å². The van der Waals surface area contributed by atoms with E-state index in [-0.39, 0.29) is 11.7 Å². The van der Waals surface area contributed by atoms with Gasteiger partial charge in [0.2, 0.25) is 6.79 Å². The average Bonchev–Trinajstić information content (AvgIpc) is 2.99. The zero-order chi connectivity index (χ0) is 17.8. The molecule has 1 aliphatic heterocycles. The monoisotopic (exact) mass is 381 g/mol. The maximum absolute atomic E-state index is 13.0. The minimum absolute atomic E-state index is 0.129. The standard InChI is InChI=1S/C17H16ClNO5S/c18-11-2-4-12(5-3-11)25(21,22)16-15(17(16,19)8-20)10-1-6-13-14(7-10)24-9-23-13/h1-7,15-16,20H,8-9,19H2/t15-,16-,17+/m0/s1. The Morgan fingerprint density at radius 3 is 2.52 bits per heavy atom. The van der Waals surface area contributed by atoms with Crippen LogP contribution in [-0.4, -0.2) is 37.7 Å². The number of aliphatic hydroxyl groups excluding tert-OH is 1. The van der Waals surface area contributed by atoms with Crippen LogP contribution in [0.5, 0.6) is 11.5 Å². The predicted molar refractivity (Wildman–Crippen MR) is 91.7 cm³/mol. The zero-order valence-corrected chi connectivity index (χ0v) is 14.6. The Morgan fingerprint density at radius 1 is 1.16 bits per heavy atom. The molecular formula is C17H16ClNO5S. The highest BCUT2D eigenvalue weighted by molar-refractivity contribution is 7.92. The molecule has 0 radical (unpaired) electrons. The Hall–Kier alpha value is -1.80. The number of nitrogens with two attached hydrogens (primary N) is 1. The van der Waals surface area contributed by atoms with Crippen LogP contribution in [0.15, 0.2) is 47.4 Å². The van der Waals surface area contributed by atoms with Gasteiger partial charge in [0.1, 0.15) is 0 Å². The molecule has 8 heteroatoms. The van der Waals surface area contributed by atoms with Crippen molar-refractivity contribution in [3.63, 3.8) is 0 Å². The first-order valence-corrected chi connectivity index (χ1v) is 9.59. The van der Waals surface area contributed by atoms with Crippen LogP contribution >= 0.6 is 11.6 Å². The fourth-order valence-corrected chi connectivity index (χ4v) is 5.87. The van der Waals surface area contributed by atoms with Gasteiger partial charge in [-0.1, -0.05) is 17.7 Å². The molecule has 1 aliphatic carbocycles. The summed E-state index contributed by atoms with van der Waals surface area (Å²) in [6.07, 6.45) is 0. The molecular weight excluding hydrogens is 366 g/mol. The number of rotatable bonds is 4. The number of benzene rings is 2. The average molecular weight is 382 g/mol. The summed E-state index contributed by atoms with van der Waals surface area (Å²) >= 11 is 5.83. The summed E-state index contributed by atoms with van der Waals surface area (Å²) in [7, 11) is -3.73. The second-order valence-electron chi connectivity index (χ2n) is 6.28. The van der Waals surface area contributed by atoms with Gasteiger partial charge in [-0.05, 0) is 42.0 Å². The Bertz CT molecular complexity index is 931. The van der Waals surface area contributed by atoms with Gasteiger partial charge < -0.3 is 20.3 Å². The molecule has 25 heavy (non-hydrogen) atoms. The van der Waals surface area contributed by atoms with Crippen molar-refractivity contribution < 1.29 is 23.0 Å². The summed E-state index contributed by atoms with van der Waals surface area (Å²) in [6.45, 7) is -0.312. The van der Waals surface area contributed by atoms with Crippen LogP contribution in [0.2, 0.25) is 5.02 Å². The van der Waals surface area contributed by atoms with Gasteiger partial charge in [-0.2, -0.15) is 0 Å². The third kappa shape index (κ3) is 2.50. The lowest BCUT2D eigenvalue weighted by molar-refractivity contribution is 0.174. The summed E-state index contributed by atoms with van der Waals surface area (Å²) in [5, 5.41) is 9.27. The van der Waals surface area contributed by atoms with E-state index >= 15 is 0 Å². The van der Waals surface area contributed by atoms with Crippen molar-refractivity contribution in [2.24, 2.45) is 5.73 Å². The maximum atomic E-state index is 13.0. The molecule has 2 aromatic carbocycles. The Balaban J connectivity index is 1.73. The van der Waals surface area contributed by atoms with Gasteiger partial charge in [0, 0.05) is 10.9 Å². The molecule has 0 saturated heterocycles. The lowest BCUT2D eigenvalue weighted by Gasteiger charge is -2.08. The number of sulfone groups is 1. The second-order valence-corrected chi connectivity index (χ2v) is 8.79. The van der Waals surface area contributed by atoms with Crippen molar-refractivity contribution >= 4 is 21.4 Å². The van der Waals surface area contributed by atoms with Crippen molar-refractivity contribution in [3.8, 4) is 11.5 Å². The van der Waals surface area contributed by atoms with Gasteiger partial charge in [0.25, 0.3) is 0 Å². The van der Waals surface area contributed by atoms with E-state index in [9.17, 15) is 13.5 Å². The first-order chi connectivity index (χ1) is 11.9. The minimum atomic E-state index is -3.73. The highest BCUT2D eigenvalue weighted by Crippen LogP contribution is 2.56. The molecule has 6 nitrogen and oxygen atoms in total. The summed E-state index contributed by atoms with van der Waals surface area (Å²) in [6, 6.07) is 11.1. The van der Waals surface area contributed by atoms with Crippen LogP contribution in [0.1, 0.15) is 11.5 Å². The van der Waals surface area contributed by atoms with Crippen LogP contribution in [0.25, 0.3) is 0 Å². The Morgan fingerprint density at radius 2 is 1.84 bits per heavy atom. The highest BCUT2D eigenvalue weighted by atomic mass is 35.5. The largest absolute Gasteiger partial charge is 0.454 e. The quantitative estimate of drug-likeness (QED) is 0.836. The van der Waals surface area contributed by atoms with Gasteiger partial charge >= 0.3 is 0 Å². The van der Waals surface area contributed by atoms with Crippen molar-refractivity contribution in [2.45, 2.75) is 21.6 Å². The number of hydrogen-bond acceptors (Lipinski definition) is 6. The summed E-state index contributed by atoms with van der Waals surface area (Å²) in [4.78, 5) is 0.133. The van der Waals surface area contributed by atoms with Crippen LogP contribution in [0.3, 0.4) is 0 Å². The van der Waals surface area contributed by atoms with Gasteiger partial charge in [0.05, 0.1) is 22.3 Å². The molecule has 1 saturated carbocycles. The molecule has 1 heterocycles. The van der Waals surface area contributed by atoms with Crippen LogP contribution in [0.4, 0.5) is 0 Å². The topological polar surface area (TPSA) is 98.8 Å². The summed E-state index contributed by atoms with van der Waals surface area (Å²) in [5.41, 5.74) is 5.69. The van der Waals surface area contributed by atoms with Gasteiger partial charge in [0.15, 0.2) is 21.3 Å². The molecule has 3 N–H and O–H groups in total. The van der Waals surface area contributed by atoms with E-state index in [1.807, 2.05) is 0 Å². The fourth-order valence-electron chi connectivity index (χ4n) is 3.44. The van der Waals surface area contributed by atoms with Crippen molar-refractivity contribution in [1.82, 2.24) is 0 Å². The van der Waals surface area contributed by atoms with E-state index in [1.165, 1.54) is 24.3 Å². The van der Waals surface area contributed by atoms with E-state index < -0.39 is 33.2 Å². The molecule has 3 atom stereocenters. The minimum Gasteiger partial charge on any atom is -0.454 e. The molecule has 0 aromatic heterocycles. The molecule has 0 unspecified atom stereocenters. The normalized spacial score (nSPS) is 27.3. The first kappa shape index (κ1) is 16.7. The van der Waals surface area contributed by atoms with E-state index in [1.54, 1.807) is 18.2 Å². The third-order valence-corrected chi connectivity index (χ3v) is 7.37. The summed E-state index contributed by atoms with van der Waals surface area (Å²) in [5.74, 6) is 0.619. The van der Waals surface area contributed by atoms with E-state index in [0.29, 0.717) is 22.1 Å². The van der Waals surface area contributed by atoms with Crippen molar-refractivity contribution in [2.75, 3.05) is 13.4 Å². The first-order valence-electron chi connectivity index (χ1n) is 7.66. The Labute approximate surface area is 150 Å². The predicted octanol–water partition coefficient (Wildman–Crippen LogP) is 1.70. The Kier molecular flexibility index (Phi) is 3.73. The van der Waals surface area contributed by atoms with Gasteiger partial charge in [-0.3, -0.25) is 0 Å². The molecule has 0 spiro atoms. The SMILES string of the molecule is N[C@]1(CO)[C@@H](c2ccc3c(c2)OCO3)[C@@H]1S(=O)(=O)c1ccc(Cl)cc1. The summed E-state index contributed by atoms with van der Waals surface area (Å²) < 4.78 is 36.6. The fraction of sp³-hybridized carbons (Fsp3) is 0.294. The number of fused-ring (bicyclic) bond motifs is 1. The lowest BCUT2D eigenvalue weighted by atomic mass is 10.1. The van der Waals surface area contributed by atoms with Crippen molar-refractivity contribution in [3.05, 3.63) is 53.1 Å². The van der Waals surface area contributed by atoms with Crippen LogP contribution in [-0.2, 0) is 9.84 Å². The zero-order valence-electron chi connectivity index (χ0n) is 13.1. The van der Waals surface area contributed by atoms with Gasteiger partial charge in [-0.15, -0.1) is 0 Å². The number of hydrogen-bond donors (Lipinski definition) is 2. The molecule has 0 amide bonds. The maximum Gasteiger partial charge on any atom is 0.231 e. The highest BCUT2D eigenvalue weighted by Gasteiger charge is 2.69. The van der Waals surface area contributed by atoms with E-state index in [4.69, 9.17) is 26.8 Å². The smallest absolute Gasteiger partial charge is 0.231 e. The van der Waals surface area contributed by atoms with Gasteiger partial charge in [-0.25, -0.2) is 8.42 Å². The molecule has 4 rings (SSSR count). The van der Waals surface area contributed by atoms with Crippen LogP contribution in [0, 0.1) is 0 Å². The van der Waals surface area contributed by atoms with Crippen molar-refractivity contribution in [1.29, 1.82) is 0 Å². The molecule has 1 fully saturated rings. The molecule has 0 bridgehead atoms. The number of ether oxygens (including phenoxy) is 2. The molecule has 132 valence electrons. The molecule has 2 aromatic rings. The molecule has 2 aliphatic rings.